The van der Waals surface area contributed by atoms with Gasteiger partial charge in [0.15, 0.2) is 0 Å². The first-order chi connectivity index (χ1) is 9.11. The highest BCUT2D eigenvalue weighted by Gasteiger charge is 2.44. The van der Waals surface area contributed by atoms with Gasteiger partial charge in [-0.2, -0.15) is 4.31 Å². The Hall–Kier alpha value is -0.910. The molecule has 1 aliphatic carbocycles. The molecule has 1 saturated heterocycles. The van der Waals surface area contributed by atoms with Crippen molar-refractivity contribution in [3.8, 4) is 0 Å². The molecule has 5 heteroatoms. The Morgan fingerprint density at radius 2 is 1.95 bits per heavy atom. The quantitative estimate of drug-likeness (QED) is 0.907. The van der Waals surface area contributed by atoms with Crippen LogP contribution in [0.25, 0.3) is 0 Å². The summed E-state index contributed by atoms with van der Waals surface area (Å²) in [4.78, 5) is 0.377. The second-order valence-electron chi connectivity index (χ2n) is 5.53. The van der Waals surface area contributed by atoms with Crippen molar-refractivity contribution in [2.45, 2.75) is 36.6 Å². The number of aliphatic hydroxyl groups excluding tert-OH is 1. The molecule has 2 fully saturated rings. The molecule has 1 aromatic rings. The molecule has 0 amide bonds. The van der Waals surface area contributed by atoms with Crippen LogP contribution in [0.1, 0.15) is 24.8 Å². The third-order valence-corrected chi connectivity index (χ3v) is 6.22. The molecule has 4 nitrogen and oxygen atoms in total. The second kappa shape index (κ2) is 4.89. The molecule has 3 rings (SSSR count). The van der Waals surface area contributed by atoms with Gasteiger partial charge in [0.2, 0.25) is 10.0 Å². The van der Waals surface area contributed by atoms with E-state index in [0.29, 0.717) is 23.8 Å². The summed E-state index contributed by atoms with van der Waals surface area (Å²) in [7, 11) is -3.33. The van der Waals surface area contributed by atoms with E-state index in [1.54, 1.807) is 28.6 Å². The molecule has 2 unspecified atom stereocenters. The lowest BCUT2D eigenvalue weighted by Crippen LogP contribution is -2.37. The highest BCUT2D eigenvalue weighted by atomic mass is 32.2. The monoisotopic (exact) mass is 281 g/mol. The van der Waals surface area contributed by atoms with E-state index in [1.165, 1.54) is 6.42 Å². The van der Waals surface area contributed by atoms with Gasteiger partial charge in [-0.05, 0) is 49.3 Å². The zero-order chi connectivity index (χ0) is 13.5. The van der Waals surface area contributed by atoms with E-state index in [0.717, 1.165) is 18.4 Å². The van der Waals surface area contributed by atoms with Gasteiger partial charge in [0, 0.05) is 19.2 Å². The average Bonchev–Trinajstić information content (AvgIpc) is 3.02. The molecular weight excluding hydrogens is 262 g/mol. The van der Waals surface area contributed by atoms with Crippen LogP contribution in [0.15, 0.2) is 29.2 Å². The Labute approximate surface area is 114 Å². The molecule has 1 N–H and O–H groups in total. The predicted octanol–water partition coefficient (Wildman–Crippen LogP) is 1.39. The Bertz CT molecular complexity index is 553. The van der Waals surface area contributed by atoms with Crippen molar-refractivity contribution in [1.29, 1.82) is 0 Å². The van der Waals surface area contributed by atoms with Crippen LogP contribution < -0.4 is 0 Å². The molecular formula is C14H19NO3S. The van der Waals surface area contributed by atoms with Gasteiger partial charge in [0.1, 0.15) is 0 Å². The number of sulfonamides is 1. The molecule has 19 heavy (non-hydrogen) atoms. The fourth-order valence-electron chi connectivity index (χ4n) is 3.27. The minimum absolute atomic E-state index is 0.0853. The van der Waals surface area contributed by atoms with Crippen molar-refractivity contribution < 1.29 is 13.5 Å². The summed E-state index contributed by atoms with van der Waals surface area (Å²) in [6.45, 7) is 0.771. The number of hydrogen-bond acceptors (Lipinski definition) is 3. The Morgan fingerprint density at radius 1 is 1.21 bits per heavy atom. The topological polar surface area (TPSA) is 57.6 Å². The smallest absolute Gasteiger partial charge is 0.243 e. The van der Waals surface area contributed by atoms with Crippen LogP contribution in [0.2, 0.25) is 0 Å². The molecule has 1 heterocycles. The van der Waals surface area contributed by atoms with E-state index >= 15 is 0 Å². The lowest BCUT2D eigenvalue weighted by molar-refractivity contribution is 0.299. The number of nitrogens with zero attached hydrogens (tertiary/aromatic N) is 1. The highest BCUT2D eigenvalue weighted by molar-refractivity contribution is 7.89. The third-order valence-electron chi connectivity index (χ3n) is 4.29. The minimum atomic E-state index is -3.33. The molecule has 0 radical (unpaired) electrons. The number of aliphatic hydroxyl groups is 1. The van der Waals surface area contributed by atoms with Gasteiger partial charge in [0.05, 0.1) is 4.90 Å². The van der Waals surface area contributed by atoms with Crippen LogP contribution in [0.5, 0.6) is 0 Å². The van der Waals surface area contributed by atoms with Crippen molar-refractivity contribution in [1.82, 2.24) is 4.31 Å². The van der Waals surface area contributed by atoms with Gasteiger partial charge in [-0.25, -0.2) is 8.42 Å². The summed E-state index contributed by atoms with van der Waals surface area (Å²) in [5.41, 5.74) is 0.962. The normalized spacial score (nSPS) is 27.0. The summed E-state index contributed by atoms with van der Waals surface area (Å²) >= 11 is 0. The van der Waals surface area contributed by atoms with Gasteiger partial charge in [-0.15, -0.1) is 0 Å². The van der Waals surface area contributed by atoms with Gasteiger partial charge in [0.25, 0.3) is 0 Å². The van der Waals surface area contributed by atoms with E-state index in [4.69, 9.17) is 5.11 Å². The van der Waals surface area contributed by atoms with Gasteiger partial charge < -0.3 is 5.11 Å². The Kier molecular flexibility index (Phi) is 3.37. The summed E-state index contributed by atoms with van der Waals surface area (Å²) in [5, 5.41) is 8.87. The van der Waals surface area contributed by atoms with Crippen LogP contribution in [0.3, 0.4) is 0 Å². The fraction of sp³-hybridized carbons (Fsp3) is 0.571. The molecule has 2 bridgehead atoms. The second-order valence-corrected chi connectivity index (χ2v) is 7.42. The Balaban J connectivity index is 1.84. The summed E-state index contributed by atoms with van der Waals surface area (Å²) in [6.07, 6.45) is 3.77. The minimum Gasteiger partial charge on any atom is -0.396 e. The molecule has 1 saturated carbocycles. The lowest BCUT2D eigenvalue weighted by atomic mass is 10.1. The number of fused-ring (bicyclic) bond motifs is 2. The van der Waals surface area contributed by atoms with E-state index in [1.807, 2.05) is 0 Å². The predicted molar refractivity (Wildman–Crippen MR) is 72.3 cm³/mol. The molecule has 104 valence electrons. The van der Waals surface area contributed by atoms with Gasteiger partial charge >= 0.3 is 0 Å². The van der Waals surface area contributed by atoms with E-state index in [9.17, 15) is 8.42 Å². The molecule has 2 atom stereocenters. The van der Waals surface area contributed by atoms with Crippen molar-refractivity contribution in [3.05, 3.63) is 29.8 Å². The number of rotatable bonds is 4. The summed E-state index contributed by atoms with van der Waals surface area (Å²) in [5.74, 6) is 0.563. The molecule has 1 aromatic carbocycles. The highest BCUT2D eigenvalue weighted by Crippen LogP contribution is 2.40. The zero-order valence-corrected chi connectivity index (χ0v) is 11.6. The molecule has 0 spiro atoms. The van der Waals surface area contributed by atoms with Crippen LogP contribution in [-0.2, 0) is 16.4 Å². The number of benzene rings is 1. The van der Waals surface area contributed by atoms with E-state index in [-0.39, 0.29) is 12.6 Å². The van der Waals surface area contributed by atoms with Crippen LogP contribution in [0, 0.1) is 5.92 Å². The SMILES string of the molecule is O=S(=O)(c1ccc(CCO)cc1)N1CC2CCC1C2. The van der Waals surface area contributed by atoms with Crippen LogP contribution in [0.4, 0.5) is 0 Å². The van der Waals surface area contributed by atoms with Crippen LogP contribution >= 0.6 is 0 Å². The first-order valence-electron chi connectivity index (χ1n) is 6.83. The van der Waals surface area contributed by atoms with E-state index < -0.39 is 10.0 Å². The largest absolute Gasteiger partial charge is 0.396 e. The zero-order valence-electron chi connectivity index (χ0n) is 10.8. The van der Waals surface area contributed by atoms with Crippen molar-refractivity contribution in [3.63, 3.8) is 0 Å². The number of hydrogen-bond donors (Lipinski definition) is 1. The first kappa shape index (κ1) is 13.1. The summed E-state index contributed by atoms with van der Waals surface area (Å²) < 4.78 is 26.8. The molecule has 1 aliphatic heterocycles. The molecule has 2 aliphatic rings. The van der Waals surface area contributed by atoms with Crippen molar-refractivity contribution in [2.75, 3.05) is 13.2 Å². The van der Waals surface area contributed by atoms with Gasteiger partial charge in [-0.3, -0.25) is 0 Å². The maximum atomic E-state index is 12.6. The maximum absolute atomic E-state index is 12.6. The van der Waals surface area contributed by atoms with Crippen molar-refractivity contribution >= 4 is 10.0 Å². The van der Waals surface area contributed by atoms with Crippen molar-refractivity contribution in [2.24, 2.45) is 5.92 Å². The summed E-state index contributed by atoms with van der Waals surface area (Å²) in [6, 6.07) is 7.11. The maximum Gasteiger partial charge on any atom is 0.243 e. The average molecular weight is 281 g/mol. The van der Waals surface area contributed by atoms with E-state index in [2.05, 4.69) is 0 Å². The standard InChI is InChI=1S/C14H19NO3S/c16-8-7-11-2-5-14(6-3-11)19(17,18)15-10-12-1-4-13(15)9-12/h2-3,5-6,12-13,16H,1,4,7-10H2. The van der Waals surface area contributed by atoms with Crippen LogP contribution in [-0.4, -0.2) is 37.0 Å². The first-order valence-corrected chi connectivity index (χ1v) is 8.27. The molecule has 0 aromatic heterocycles. The fourth-order valence-corrected chi connectivity index (χ4v) is 5.01. The number of piperidine rings is 1. The third kappa shape index (κ3) is 2.30. The Morgan fingerprint density at radius 3 is 2.47 bits per heavy atom. The van der Waals surface area contributed by atoms with Gasteiger partial charge in [-0.1, -0.05) is 12.1 Å². The lowest BCUT2D eigenvalue weighted by Gasteiger charge is -2.26.